The summed E-state index contributed by atoms with van der Waals surface area (Å²) in [7, 11) is 0. The molecule has 9 heteroatoms. The number of imide groups is 1. The van der Waals surface area contributed by atoms with E-state index in [9.17, 15) is 24.0 Å². The molecule has 1 aliphatic heterocycles. The molecule has 0 spiro atoms. The zero-order chi connectivity index (χ0) is 18.9. The summed E-state index contributed by atoms with van der Waals surface area (Å²) in [5.74, 6) is -2.46. The van der Waals surface area contributed by atoms with Crippen molar-refractivity contribution in [2.45, 2.75) is 32.3 Å². The van der Waals surface area contributed by atoms with Gasteiger partial charge in [-0.2, -0.15) is 0 Å². The third-order valence-electron chi connectivity index (χ3n) is 3.45. The van der Waals surface area contributed by atoms with Gasteiger partial charge in [-0.25, -0.2) is 9.59 Å². The third kappa shape index (κ3) is 6.00. The van der Waals surface area contributed by atoms with Crippen molar-refractivity contribution < 1.29 is 33.5 Å². The Morgan fingerprint density at radius 1 is 1.00 bits per heavy atom. The maximum atomic E-state index is 11.7. The molecule has 1 aliphatic rings. The van der Waals surface area contributed by atoms with E-state index in [2.05, 4.69) is 10.2 Å². The molecule has 1 heterocycles. The van der Waals surface area contributed by atoms with E-state index in [1.54, 1.807) is 12.1 Å². The lowest BCUT2D eigenvalue weighted by Crippen LogP contribution is -2.33. The van der Waals surface area contributed by atoms with Gasteiger partial charge in [0, 0.05) is 19.3 Å². The third-order valence-corrected chi connectivity index (χ3v) is 3.45. The minimum absolute atomic E-state index is 0.0000564. The normalized spacial score (nSPS) is 13.5. The second kappa shape index (κ2) is 9.30. The van der Waals surface area contributed by atoms with Gasteiger partial charge in [-0.1, -0.05) is 30.3 Å². The lowest BCUT2D eigenvalue weighted by Gasteiger charge is -2.12. The van der Waals surface area contributed by atoms with E-state index in [-0.39, 0.29) is 38.8 Å². The van der Waals surface area contributed by atoms with E-state index in [0.29, 0.717) is 5.06 Å². The van der Waals surface area contributed by atoms with Gasteiger partial charge in [-0.15, -0.1) is 5.06 Å². The summed E-state index contributed by atoms with van der Waals surface area (Å²) in [4.78, 5) is 62.0. The number of benzene rings is 1. The Bertz CT molecular complexity index is 686. The summed E-state index contributed by atoms with van der Waals surface area (Å²) in [5.41, 5.74) is 0.808. The van der Waals surface area contributed by atoms with Crippen molar-refractivity contribution in [1.29, 1.82) is 0 Å². The number of carbonyl (C=O) groups excluding carboxylic acids is 5. The van der Waals surface area contributed by atoms with E-state index in [0.717, 1.165) is 5.56 Å². The van der Waals surface area contributed by atoms with Crippen LogP contribution in [-0.4, -0.2) is 41.3 Å². The lowest BCUT2D eigenvalue weighted by atomic mass is 10.2. The van der Waals surface area contributed by atoms with Gasteiger partial charge in [0.15, 0.2) is 5.78 Å². The van der Waals surface area contributed by atoms with Crippen LogP contribution >= 0.6 is 0 Å². The number of nitrogens with one attached hydrogen (secondary N) is 1. The second-order valence-corrected chi connectivity index (χ2v) is 5.50. The lowest BCUT2D eigenvalue weighted by molar-refractivity contribution is -0.197. The first-order chi connectivity index (χ1) is 12.5. The molecule has 1 aromatic rings. The van der Waals surface area contributed by atoms with Crippen LogP contribution in [0.4, 0.5) is 4.79 Å². The fourth-order valence-corrected chi connectivity index (χ4v) is 2.08. The summed E-state index contributed by atoms with van der Waals surface area (Å²) in [6, 6.07) is 9.04. The van der Waals surface area contributed by atoms with Gasteiger partial charge in [0.25, 0.3) is 11.8 Å². The molecule has 1 fully saturated rings. The van der Waals surface area contributed by atoms with Crippen molar-refractivity contribution in [2.24, 2.45) is 0 Å². The molecule has 1 saturated heterocycles. The highest BCUT2D eigenvalue weighted by Gasteiger charge is 2.32. The van der Waals surface area contributed by atoms with Crippen molar-refractivity contribution in [3.8, 4) is 0 Å². The number of ether oxygens (including phenoxy) is 1. The molecule has 138 valence electrons. The van der Waals surface area contributed by atoms with Crippen LogP contribution in [0.25, 0.3) is 0 Å². The van der Waals surface area contributed by atoms with E-state index in [1.165, 1.54) is 0 Å². The van der Waals surface area contributed by atoms with E-state index in [4.69, 9.17) is 4.74 Å². The van der Waals surface area contributed by atoms with Crippen LogP contribution in [0.2, 0.25) is 0 Å². The van der Waals surface area contributed by atoms with Crippen molar-refractivity contribution >= 4 is 29.7 Å². The van der Waals surface area contributed by atoms with Crippen molar-refractivity contribution in [3.63, 3.8) is 0 Å². The Morgan fingerprint density at radius 2 is 1.65 bits per heavy atom. The number of amides is 3. The number of carbonyl (C=O) groups is 5. The van der Waals surface area contributed by atoms with Gasteiger partial charge >= 0.3 is 12.1 Å². The Balaban J connectivity index is 1.61. The highest BCUT2D eigenvalue weighted by Crippen LogP contribution is 2.12. The van der Waals surface area contributed by atoms with E-state index >= 15 is 0 Å². The summed E-state index contributed by atoms with van der Waals surface area (Å²) in [5, 5.41) is 2.70. The first kappa shape index (κ1) is 19.1. The maximum absolute atomic E-state index is 11.7. The molecule has 0 aromatic heterocycles. The highest BCUT2D eigenvalue weighted by molar-refractivity contribution is 6.01. The van der Waals surface area contributed by atoms with Gasteiger partial charge in [0.2, 0.25) is 0 Å². The molecule has 1 aromatic carbocycles. The Labute approximate surface area is 149 Å². The molecule has 2 rings (SSSR count). The molecule has 0 radical (unpaired) electrons. The summed E-state index contributed by atoms with van der Waals surface area (Å²) in [6.07, 6.45) is -1.26. The minimum Gasteiger partial charge on any atom is -0.445 e. The molecule has 3 amide bonds. The topological polar surface area (TPSA) is 119 Å². The monoisotopic (exact) mass is 362 g/mol. The van der Waals surface area contributed by atoms with Crippen molar-refractivity contribution in [3.05, 3.63) is 35.9 Å². The fraction of sp³-hybridized carbons (Fsp3) is 0.353. The van der Waals surface area contributed by atoms with Crippen LogP contribution < -0.4 is 5.32 Å². The predicted octanol–water partition coefficient (Wildman–Crippen LogP) is 0.869. The molecule has 0 bridgehead atoms. The number of rotatable bonds is 8. The smallest absolute Gasteiger partial charge is 0.407 e. The number of ketones is 1. The zero-order valence-corrected chi connectivity index (χ0v) is 13.9. The van der Waals surface area contributed by atoms with Crippen LogP contribution in [0, 0.1) is 0 Å². The number of hydrogen-bond donors (Lipinski definition) is 1. The first-order valence-corrected chi connectivity index (χ1v) is 7.98. The first-order valence-electron chi connectivity index (χ1n) is 7.98. The van der Waals surface area contributed by atoms with Gasteiger partial charge in [0.05, 0.1) is 13.0 Å². The number of alkyl carbamates (subject to hydrolysis) is 1. The minimum atomic E-state index is -0.867. The quantitative estimate of drug-likeness (QED) is 0.681. The van der Waals surface area contributed by atoms with Crippen molar-refractivity contribution in [2.75, 3.05) is 6.54 Å². The number of Topliss-reactive ketones (excluding diaryl/α,β-unsaturated/α-hetero) is 1. The molecular formula is C17H18N2O7. The summed E-state index contributed by atoms with van der Waals surface area (Å²) in [6.45, 7) is -0.229. The molecule has 26 heavy (non-hydrogen) atoms. The molecule has 0 unspecified atom stereocenters. The fourth-order valence-electron chi connectivity index (χ4n) is 2.08. The zero-order valence-electron chi connectivity index (χ0n) is 13.9. The van der Waals surface area contributed by atoms with E-state index in [1.807, 2.05) is 18.2 Å². The van der Waals surface area contributed by atoms with Gasteiger partial charge in [-0.05, 0) is 5.56 Å². The van der Waals surface area contributed by atoms with Gasteiger partial charge < -0.3 is 14.9 Å². The second-order valence-electron chi connectivity index (χ2n) is 5.50. The summed E-state index contributed by atoms with van der Waals surface area (Å²) >= 11 is 0. The predicted molar refractivity (Wildman–Crippen MR) is 86.0 cm³/mol. The SMILES string of the molecule is O=C(CCC(=O)ON1C(=O)CCC1=O)CNC(=O)OCc1ccccc1. The van der Waals surface area contributed by atoms with Crippen LogP contribution in [0.15, 0.2) is 30.3 Å². The Morgan fingerprint density at radius 3 is 2.31 bits per heavy atom. The van der Waals surface area contributed by atoms with Gasteiger partial charge in [0.1, 0.15) is 6.61 Å². The molecule has 0 aliphatic carbocycles. The van der Waals surface area contributed by atoms with Crippen molar-refractivity contribution in [1.82, 2.24) is 10.4 Å². The Kier molecular flexibility index (Phi) is 6.84. The molecular weight excluding hydrogens is 344 g/mol. The maximum Gasteiger partial charge on any atom is 0.407 e. The number of hydrogen-bond acceptors (Lipinski definition) is 7. The van der Waals surface area contributed by atoms with Crippen LogP contribution in [0.5, 0.6) is 0 Å². The Hall–Kier alpha value is -3.23. The highest BCUT2D eigenvalue weighted by atomic mass is 16.7. The van der Waals surface area contributed by atoms with Crippen LogP contribution in [0.3, 0.4) is 0 Å². The molecule has 1 N–H and O–H groups in total. The number of nitrogens with zero attached hydrogens (tertiary/aromatic N) is 1. The molecule has 9 nitrogen and oxygen atoms in total. The standard InChI is InChI=1S/C17H18N2O7/c20-13(6-9-16(23)26-19-14(21)7-8-15(19)22)10-18-17(24)25-11-12-4-2-1-3-5-12/h1-5H,6-11H2,(H,18,24). The summed E-state index contributed by atoms with van der Waals surface area (Å²) < 4.78 is 4.94. The largest absolute Gasteiger partial charge is 0.445 e. The van der Waals surface area contributed by atoms with Crippen LogP contribution in [-0.2, 0) is 35.4 Å². The van der Waals surface area contributed by atoms with Crippen LogP contribution in [0.1, 0.15) is 31.2 Å². The average Bonchev–Trinajstić information content (AvgIpc) is 2.95. The molecule has 0 saturated carbocycles. The van der Waals surface area contributed by atoms with Gasteiger partial charge in [-0.3, -0.25) is 14.4 Å². The number of hydroxylamine groups is 2. The van der Waals surface area contributed by atoms with E-state index < -0.39 is 29.7 Å². The molecule has 0 atom stereocenters. The average molecular weight is 362 g/mol.